The van der Waals surface area contributed by atoms with E-state index < -0.39 is 0 Å². The van der Waals surface area contributed by atoms with Crippen molar-refractivity contribution in [2.45, 2.75) is 38.8 Å². The summed E-state index contributed by atoms with van der Waals surface area (Å²) in [5, 5.41) is 3.54. The molecule has 100 valence electrons. The molecule has 18 heavy (non-hydrogen) atoms. The van der Waals surface area contributed by atoms with Gasteiger partial charge in [-0.2, -0.15) is 0 Å². The summed E-state index contributed by atoms with van der Waals surface area (Å²) >= 11 is 0. The monoisotopic (exact) mass is 249 g/mol. The van der Waals surface area contributed by atoms with Crippen molar-refractivity contribution in [2.75, 3.05) is 25.5 Å². The summed E-state index contributed by atoms with van der Waals surface area (Å²) in [6.07, 6.45) is 5.37. The lowest BCUT2D eigenvalue weighted by Gasteiger charge is -2.31. The van der Waals surface area contributed by atoms with Gasteiger partial charge in [-0.15, -0.1) is 0 Å². The van der Waals surface area contributed by atoms with Crippen molar-refractivity contribution in [3.05, 3.63) is 28.7 Å². The zero-order valence-corrected chi connectivity index (χ0v) is 11.4. The minimum atomic E-state index is 0.0863. The summed E-state index contributed by atoms with van der Waals surface area (Å²) in [5.41, 5.74) is 1.14. The number of piperidine rings is 1. The molecular weight excluding hydrogens is 226 g/mol. The third-order valence-corrected chi connectivity index (χ3v) is 3.44. The molecule has 0 saturated carbocycles. The molecule has 1 unspecified atom stereocenters. The predicted octanol–water partition coefficient (Wildman–Crippen LogP) is 1.76. The third kappa shape index (κ3) is 3.35. The van der Waals surface area contributed by atoms with Gasteiger partial charge in [-0.1, -0.05) is 6.92 Å². The number of aromatic nitrogens is 1. The van der Waals surface area contributed by atoms with Gasteiger partial charge in [-0.05, 0) is 38.9 Å². The minimum absolute atomic E-state index is 0.0863. The van der Waals surface area contributed by atoms with Crippen LogP contribution in [0.5, 0.6) is 0 Å². The first kappa shape index (κ1) is 13.1. The number of pyridine rings is 1. The third-order valence-electron chi connectivity index (χ3n) is 3.44. The number of aryl methyl sites for hydroxylation is 1. The lowest BCUT2D eigenvalue weighted by molar-refractivity contribution is 0.261. The summed E-state index contributed by atoms with van der Waals surface area (Å²) < 4.78 is 1.79. The smallest absolute Gasteiger partial charge is 0.250 e. The Balaban J connectivity index is 2.04. The highest BCUT2D eigenvalue weighted by Crippen LogP contribution is 2.14. The van der Waals surface area contributed by atoms with E-state index in [1.54, 1.807) is 10.6 Å². The summed E-state index contributed by atoms with van der Waals surface area (Å²) in [5.74, 6) is 0. The number of nitrogens with one attached hydrogen (secondary N) is 1. The van der Waals surface area contributed by atoms with Crippen molar-refractivity contribution in [1.29, 1.82) is 0 Å². The standard InChI is InChI=1S/C14H23N3O/c1-3-8-17-11-13(6-7-14(17)18)15-12-5-4-9-16(2)10-12/h6-7,11-12,15H,3-5,8-10H2,1-2H3. The molecule has 4 heteroatoms. The maximum absolute atomic E-state index is 11.6. The molecule has 1 saturated heterocycles. The van der Waals surface area contributed by atoms with Gasteiger partial charge < -0.3 is 14.8 Å². The highest BCUT2D eigenvalue weighted by molar-refractivity contribution is 5.41. The van der Waals surface area contributed by atoms with Gasteiger partial charge in [0, 0.05) is 31.4 Å². The Morgan fingerprint density at radius 2 is 2.28 bits per heavy atom. The normalized spacial score (nSPS) is 20.9. The minimum Gasteiger partial charge on any atom is -0.380 e. The summed E-state index contributed by atoms with van der Waals surface area (Å²) in [7, 11) is 2.16. The molecule has 1 aromatic rings. The van der Waals surface area contributed by atoms with Crippen LogP contribution in [0.3, 0.4) is 0 Å². The maximum Gasteiger partial charge on any atom is 0.250 e. The number of likely N-dealkylation sites (tertiary alicyclic amines) is 1. The Morgan fingerprint density at radius 3 is 3.00 bits per heavy atom. The summed E-state index contributed by atoms with van der Waals surface area (Å²) in [6, 6.07) is 4.05. The SMILES string of the molecule is CCCn1cc(NC2CCCN(C)C2)ccc1=O. The average Bonchev–Trinajstić information content (AvgIpc) is 2.34. The van der Waals surface area contributed by atoms with Gasteiger partial charge in [-0.25, -0.2) is 0 Å². The van der Waals surface area contributed by atoms with E-state index in [4.69, 9.17) is 0 Å². The maximum atomic E-state index is 11.6. The van der Waals surface area contributed by atoms with Crippen LogP contribution in [0.2, 0.25) is 0 Å². The first-order valence-corrected chi connectivity index (χ1v) is 6.84. The number of rotatable bonds is 4. The molecule has 1 aliphatic heterocycles. The number of hydrogen-bond donors (Lipinski definition) is 1. The number of anilines is 1. The zero-order chi connectivity index (χ0) is 13.0. The van der Waals surface area contributed by atoms with Gasteiger partial charge in [0.15, 0.2) is 0 Å². The molecule has 1 N–H and O–H groups in total. The Morgan fingerprint density at radius 1 is 1.44 bits per heavy atom. The molecule has 1 fully saturated rings. The second-order valence-corrected chi connectivity index (χ2v) is 5.20. The van der Waals surface area contributed by atoms with Crippen molar-refractivity contribution in [1.82, 2.24) is 9.47 Å². The number of likely N-dealkylation sites (N-methyl/N-ethyl adjacent to an activating group) is 1. The molecule has 0 aliphatic carbocycles. The number of hydrogen-bond acceptors (Lipinski definition) is 3. The fraction of sp³-hybridized carbons (Fsp3) is 0.643. The second-order valence-electron chi connectivity index (χ2n) is 5.20. The van der Waals surface area contributed by atoms with Gasteiger partial charge in [0.05, 0.1) is 5.69 Å². The zero-order valence-electron chi connectivity index (χ0n) is 11.4. The van der Waals surface area contributed by atoms with Crippen LogP contribution in [0.4, 0.5) is 5.69 Å². The van der Waals surface area contributed by atoms with E-state index in [0.29, 0.717) is 6.04 Å². The Bertz CT molecular complexity index is 441. The highest BCUT2D eigenvalue weighted by atomic mass is 16.1. The summed E-state index contributed by atoms with van der Waals surface area (Å²) in [6.45, 7) is 5.14. The van der Waals surface area contributed by atoms with Crippen LogP contribution in [0.15, 0.2) is 23.1 Å². The molecule has 2 heterocycles. The van der Waals surface area contributed by atoms with Gasteiger partial charge >= 0.3 is 0 Å². The van der Waals surface area contributed by atoms with Crippen LogP contribution >= 0.6 is 0 Å². The Hall–Kier alpha value is -1.29. The lowest BCUT2D eigenvalue weighted by Crippen LogP contribution is -2.39. The van der Waals surface area contributed by atoms with E-state index in [1.807, 2.05) is 12.3 Å². The molecule has 0 aromatic carbocycles. The molecule has 1 aromatic heterocycles. The van der Waals surface area contributed by atoms with Crippen LogP contribution in [-0.2, 0) is 6.54 Å². The molecule has 1 atom stereocenters. The molecule has 2 rings (SSSR count). The van der Waals surface area contributed by atoms with Crippen molar-refractivity contribution in [2.24, 2.45) is 0 Å². The van der Waals surface area contributed by atoms with Crippen LogP contribution in [0, 0.1) is 0 Å². The van der Waals surface area contributed by atoms with Crippen molar-refractivity contribution in [3.63, 3.8) is 0 Å². The first-order valence-electron chi connectivity index (χ1n) is 6.84. The largest absolute Gasteiger partial charge is 0.380 e. The fourth-order valence-electron chi connectivity index (χ4n) is 2.55. The van der Waals surface area contributed by atoms with E-state index in [1.165, 1.54) is 19.4 Å². The average molecular weight is 249 g/mol. The topological polar surface area (TPSA) is 37.3 Å². The van der Waals surface area contributed by atoms with E-state index in [-0.39, 0.29) is 5.56 Å². The van der Waals surface area contributed by atoms with Crippen molar-refractivity contribution < 1.29 is 0 Å². The Kier molecular flexibility index (Phi) is 4.42. The van der Waals surface area contributed by atoms with Crippen molar-refractivity contribution in [3.8, 4) is 0 Å². The van der Waals surface area contributed by atoms with E-state index in [2.05, 4.69) is 24.2 Å². The molecular formula is C14H23N3O. The van der Waals surface area contributed by atoms with E-state index in [9.17, 15) is 4.79 Å². The molecule has 0 amide bonds. The first-order chi connectivity index (χ1) is 8.69. The molecule has 4 nitrogen and oxygen atoms in total. The van der Waals surface area contributed by atoms with Gasteiger partial charge in [0.25, 0.3) is 5.56 Å². The molecule has 0 radical (unpaired) electrons. The van der Waals surface area contributed by atoms with Gasteiger partial charge in [0.1, 0.15) is 0 Å². The molecule has 0 spiro atoms. The Labute approximate surface area is 109 Å². The quantitative estimate of drug-likeness (QED) is 0.883. The fourth-order valence-corrected chi connectivity index (χ4v) is 2.55. The van der Waals surface area contributed by atoms with Crippen LogP contribution in [0.1, 0.15) is 26.2 Å². The van der Waals surface area contributed by atoms with Crippen molar-refractivity contribution >= 4 is 5.69 Å². The van der Waals surface area contributed by atoms with Gasteiger partial charge in [-0.3, -0.25) is 4.79 Å². The van der Waals surface area contributed by atoms with Gasteiger partial charge in [0.2, 0.25) is 0 Å². The lowest BCUT2D eigenvalue weighted by atomic mass is 10.1. The van der Waals surface area contributed by atoms with Crippen LogP contribution < -0.4 is 10.9 Å². The predicted molar refractivity (Wildman–Crippen MR) is 75.1 cm³/mol. The van der Waals surface area contributed by atoms with Crippen LogP contribution in [-0.4, -0.2) is 35.6 Å². The van der Waals surface area contributed by atoms with Crippen LogP contribution in [0.25, 0.3) is 0 Å². The second kappa shape index (κ2) is 6.05. The summed E-state index contributed by atoms with van der Waals surface area (Å²) in [4.78, 5) is 14.0. The molecule has 0 bridgehead atoms. The van der Waals surface area contributed by atoms with E-state index in [0.717, 1.165) is 25.2 Å². The highest BCUT2D eigenvalue weighted by Gasteiger charge is 2.16. The van der Waals surface area contributed by atoms with E-state index >= 15 is 0 Å². The number of nitrogens with zero attached hydrogens (tertiary/aromatic N) is 2. The molecule has 1 aliphatic rings.